The fraction of sp³-hybridized carbons (Fsp3) is 0.863. The average molecular weight is 1350 g/mol. The van der Waals surface area contributed by atoms with Gasteiger partial charge in [0.05, 0.1) is 26.4 Å². The fourth-order valence-electron chi connectivity index (χ4n) is 10.3. The van der Waals surface area contributed by atoms with Crippen LogP contribution in [0.5, 0.6) is 0 Å². The molecule has 0 aromatic heterocycles. The van der Waals surface area contributed by atoms with Crippen LogP contribution in [0, 0.1) is 0 Å². The quantitative estimate of drug-likeness (QED) is 0.0169. The Kier molecular flexibility index (Phi) is 64.9. The Morgan fingerprint density at radius 2 is 0.511 bits per heavy atom. The summed E-state index contributed by atoms with van der Waals surface area (Å²) in [5.74, 6) is -2.17. The lowest BCUT2D eigenvalue weighted by Gasteiger charge is -2.21. The summed E-state index contributed by atoms with van der Waals surface area (Å²) >= 11 is 0. The highest BCUT2D eigenvalue weighted by Gasteiger charge is 2.30. The van der Waals surface area contributed by atoms with Crippen molar-refractivity contribution in [2.24, 2.45) is 0 Å². The number of aliphatic hydroxyl groups excluding tert-OH is 1. The van der Waals surface area contributed by atoms with Crippen molar-refractivity contribution in [3.63, 3.8) is 0 Å². The van der Waals surface area contributed by atoms with E-state index in [1.807, 2.05) is 0 Å². The Hall–Kier alpha value is -2.72. The molecule has 5 unspecified atom stereocenters. The van der Waals surface area contributed by atoms with Crippen LogP contribution in [0.4, 0.5) is 0 Å². The largest absolute Gasteiger partial charge is 0.472 e. The Labute approximate surface area is 560 Å². The summed E-state index contributed by atoms with van der Waals surface area (Å²) in [4.78, 5) is 72.6. The van der Waals surface area contributed by atoms with Gasteiger partial charge in [-0.1, -0.05) is 263 Å². The van der Waals surface area contributed by atoms with Gasteiger partial charge < -0.3 is 33.8 Å². The van der Waals surface area contributed by atoms with E-state index in [-0.39, 0.29) is 25.7 Å². The van der Waals surface area contributed by atoms with Gasteiger partial charge in [-0.2, -0.15) is 0 Å². The number of unbranched alkanes of at least 4 members (excludes halogenated alkanes) is 39. The van der Waals surface area contributed by atoms with Gasteiger partial charge in [0.15, 0.2) is 12.2 Å². The molecular weight excluding hydrogens is 1210 g/mol. The van der Waals surface area contributed by atoms with E-state index in [4.69, 9.17) is 37.0 Å². The van der Waals surface area contributed by atoms with Crippen LogP contribution in [0.1, 0.15) is 349 Å². The fourth-order valence-corrected chi connectivity index (χ4v) is 11.9. The van der Waals surface area contributed by atoms with E-state index in [9.17, 15) is 43.2 Å². The lowest BCUT2D eigenvalue weighted by atomic mass is 10.0. The van der Waals surface area contributed by atoms with Crippen molar-refractivity contribution < 1.29 is 80.2 Å². The summed E-state index contributed by atoms with van der Waals surface area (Å²) in [6.45, 7) is 4.84. The SMILES string of the molecule is CCCC/C=C\CCCCCCCC(=O)OC(COC(=O)CCCCCCC/C=C\CCCCCCCC)COP(=O)(O)OCC(O)COP(=O)(O)OCC(COC(=O)CCCCCCC/C=C\CCCCCC)OC(=O)CCCCCCCCCCCCCCC. The molecule has 0 amide bonds. The second-order valence-corrected chi connectivity index (χ2v) is 28.1. The van der Waals surface area contributed by atoms with Crippen molar-refractivity contribution >= 4 is 39.5 Å². The van der Waals surface area contributed by atoms with E-state index in [2.05, 4.69) is 64.2 Å². The molecule has 92 heavy (non-hydrogen) atoms. The number of hydrogen-bond acceptors (Lipinski definition) is 15. The second-order valence-electron chi connectivity index (χ2n) is 25.2. The van der Waals surface area contributed by atoms with Gasteiger partial charge >= 0.3 is 39.5 Å². The van der Waals surface area contributed by atoms with E-state index in [1.165, 1.54) is 128 Å². The molecule has 0 saturated carbocycles. The molecule has 5 atom stereocenters. The highest BCUT2D eigenvalue weighted by atomic mass is 31.2. The molecule has 0 radical (unpaired) electrons. The number of esters is 4. The highest BCUT2D eigenvalue weighted by Crippen LogP contribution is 2.45. The minimum absolute atomic E-state index is 0.0885. The number of carbonyl (C=O) groups is 4. The standard InChI is InChI=1S/C73H136O17P2/c1-5-9-13-17-21-25-29-32-33-36-39-42-46-50-54-58-71(76)84-63-68(89-72(77)59-55-51-47-43-37-28-24-20-16-12-8-4)65-87-91(79,80)85-61-67(74)62-86-92(81,82)88-66-69(90-73(78)60-56-52-48-44-40-35-31-27-23-19-15-11-7-3)64-83-70(75)57-53-49-45-41-38-34-30-26-22-18-14-10-6-2/h20,24,26,30,32-33,67-69,74H,5-19,21-23,25,27-29,31,34-66H2,1-4H3,(H,79,80)(H,81,82)/b24-20-,30-26-,33-32-. The molecule has 0 bridgehead atoms. The molecular formula is C73H136O17P2. The smallest absolute Gasteiger partial charge is 0.462 e. The van der Waals surface area contributed by atoms with Gasteiger partial charge in [0, 0.05) is 25.7 Å². The summed E-state index contributed by atoms with van der Waals surface area (Å²) in [5, 5.41) is 10.6. The molecule has 0 heterocycles. The molecule has 0 aromatic carbocycles. The van der Waals surface area contributed by atoms with E-state index < -0.39 is 97.5 Å². The summed E-state index contributed by atoms with van der Waals surface area (Å²) < 4.78 is 68.3. The number of ether oxygens (including phenoxy) is 4. The van der Waals surface area contributed by atoms with Gasteiger partial charge in [-0.05, 0) is 96.3 Å². The second kappa shape index (κ2) is 66.9. The van der Waals surface area contributed by atoms with Crippen molar-refractivity contribution in [3.8, 4) is 0 Å². The number of hydrogen-bond donors (Lipinski definition) is 3. The van der Waals surface area contributed by atoms with Gasteiger partial charge in [-0.3, -0.25) is 37.3 Å². The minimum atomic E-state index is -4.96. The Balaban J connectivity index is 5.28. The molecule has 0 aliphatic rings. The van der Waals surface area contributed by atoms with Crippen molar-refractivity contribution in [2.45, 2.75) is 367 Å². The third-order valence-electron chi connectivity index (χ3n) is 16.1. The topological polar surface area (TPSA) is 237 Å². The van der Waals surface area contributed by atoms with Gasteiger partial charge in [0.2, 0.25) is 0 Å². The lowest BCUT2D eigenvalue weighted by Crippen LogP contribution is -2.30. The maximum absolute atomic E-state index is 13.0. The van der Waals surface area contributed by atoms with Gasteiger partial charge in [-0.15, -0.1) is 0 Å². The summed E-state index contributed by atoms with van der Waals surface area (Å²) in [6, 6.07) is 0. The van der Waals surface area contributed by atoms with Crippen LogP contribution in [0.2, 0.25) is 0 Å². The number of allylic oxidation sites excluding steroid dienone is 6. The maximum atomic E-state index is 13.0. The Bertz CT molecular complexity index is 1900. The van der Waals surface area contributed by atoms with Gasteiger partial charge in [-0.25, -0.2) is 9.13 Å². The minimum Gasteiger partial charge on any atom is -0.462 e. The first kappa shape index (κ1) is 89.3. The molecule has 17 nitrogen and oxygen atoms in total. The molecule has 0 saturated heterocycles. The molecule has 0 aromatic rings. The zero-order valence-electron chi connectivity index (χ0n) is 58.7. The third-order valence-corrected chi connectivity index (χ3v) is 18.0. The third kappa shape index (κ3) is 65.9. The van der Waals surface area contributed by atoms with Crippen molar-refractivity contribution in [1.82, 2.24) is 0 Å². The molecule has 19 heteroatoms. The van der Waals surface area contributed by atoms with E-state index in [0.717, 1.165) is 141 Å². The van der Waals surface area contributed by atoms with Crippen LogP contribution >= 0.6 is 15.6 Å². The summed E-state index contributed by atoms with van der Waals surface area (Å²) in [7, 11) is -9.92. The van der Waals surface area contributed by atoms with Crippen LogP contribution in [-0.4, -0.2) is 96.7 Å². The van der Waals surface area contributed by atoms with Gasteiger partial charge in [0.25, 0.3) is 0 Å². The predicted molar refractivity (Wildman–Crippen MR) is 372 cm³/mol. The number of carbonyl (C=O) groups excluding carboxylic acids is 4. The molecule has 0 spiro atoms. The summed E-state index contributed by atoms with van der Waals surface area (Å²) in [5.41, 5.74) is 0. The highest BCUT2D eigenvalue weighted by molar-refractivity contribution is 7.47. The maximum Gasteiger partial charge on any atom is 0.472 e. The Morgan fingerprint density at radius 1 is 0.293 bits per heavy atom. The predicted octanol–water partition coefficient (Wildman–Crippen LogP) is 20.8. The van der Waals surface area contributed by atoms with Crippen LogP contribution in [0.15, 0.2) is 36.5 Å². The van der Waals surface area contributed by atoms with Crippen LogP contribution in [0.3, 0.4) is 0 Å². The molecule has 0 aliphatic carbocycles. The summed E-state index contributed by atoms with van der Waals surface area (Å²) in [6.07, 6.45) is 60.0. The molecule has 540 valence electrons. The lowest BCUT2D eigenvalue weighted by molar-refractivity contribution is -0.161. The van der Waals surface area contributed by atoms with Crippen LogP contribution < -0.4 is 0 Å². The van der Waals surface area contributed by atoms with Crippen molar-refractivity contribution in [3.05, 3.63) is 36.5 Å². The first-order valence-electron chi connectivity index (χ1n) is 37.2. The van der Waals surface area contributed by atoms with E-state index >= 15 is 0 Å². The first-order valence-corrected chi connectivity index (χ1v) is 40.2. The number of rotatable bonds is 71. The number of phosphoric acid groups is 2. The normalized spacial score (nSPS) is 14.2. The molecule has 0 fully saturated rings. The van der Waals surface area contributed by atoms with Crippen molar-refractivity contribution in [1.29, 1.82) is 0 Å². The molecule has 3 N–H and O–H groups in total. The van der Waals surface area contributed by atoms with E-state index in [0.29, 0.717) is 25.7 Å². The first-order chi connectivity index (χ1) is 44.7. The zero-order valence-corrected chi connectivity index (χ0v) is 60.5. The van der Waals surface area contributed by atoms with Crippen LogP contribution in [-0.2, 0) is 65.4 Å². The van der Waals surface area contributed by atoms with Gasteiger partial charge in [0.1, 0.15) is 19.3 Å². The van der Waals surface area contributed by atoms with Crippen molar-refractivity contribution in [2.75, 3.05) is 39.6 Å². The molecule has 0 rings (SSSR count). The van der Waals surface area contributed by atoms with Crippen LogP contribution in [0.25, 0.3) is 0 Å². The monoisotopic (exact) mass is 1350 g/mol. The molecule has 0 aliphatic heterocycles. The Morgan fingerprint density at radius 3 is 0.793 bits per heavy atom. The average Bonchev–Trinajstić information content (AvgIpc) is 3.74. The number of aliphatic hydroxyl groups is 1. The number of phosphoric ester groups is 2. The van der Waals surface area contributed by atoms with E-state index in [1.54, 1.807) is 0 Å². The zero-order chi connectivity index (χ0) is 67.5.